The van der Waals surface area contributed by atoms with E-state index in [1.807, 2.05) is 6.26 Å². The Hall–Kier alpha value is 0.130. The largest absolute Gasteiger partial charge is 0.387 e. The van der Waals surface area contributed by atoms with Gasteiger partial charge in [0.05, 0.1) is 15.6 Å². The second-order valence-electron chi connectivity index (χ2n) is 3.87. The number of halogens is 3. The molecule has 0 spiro atoms. The summed E-state index contributed by atoms with van der Waals surface area (Å²) in [6, 6.07) is 1.52. The first-order chi connectivity index (χ1) is 7.85. The highest BCUT2D eigenvalue weighted by Gasteiger charge is 2.20. The number of aromatic nitrogens is 1. The van der Waals surface area contributed by atoms with Gasteiger partial charge in [0, 0.05) is 12.3 Å². The van der Waals surface area contributed by atoms with Gasteiger partial charge in [0.1, 0.15) is 11.0 Å². The summed E-state index contributed by atoms with van der Waals surface area (Å²) >= 11 is 19.1. The Labute approximate surface area is 120 Å². The SMILES string of the molecule is CSCC(C)(O)CNc1nc(Cl)c(Cl)cc1Cl. The molecule has 7 heteroatoms. The van der Waals surface area contributed by atoms with Gasteiger partial charge >= 0.3 is 0 Å². The minimum Gasteiger partial charge on any atom is -0.387 e. The molecule has 0 saturated heterocycles. The van der Waals surface area contributed by atoms with Gasteiger partial charge in [-0.3, -0.25) is 0 Å². The zero-order valence-corrected chi connectivity index (χ0v) is 12.5. The van der Waals surface area contributed by atoms with Gasteiger partial charge in [-0.25, -0.2) is 4.98 Å². The third-order valence-electron chi connectivity index (χ3n) is 1.98. The average molecular weight is 316 g/mol. The molecule has 1 unspecified atom stereocenters. The summed E-state index contributed by atoms with van der Waals surface area (Å²) in [6.07, 6.45) is 1.93. The van der Waals surface area contributed by atoms with Gasteiger partial charge in [-0.2, -0.15) is 11.8 Å². The number of hydrogen-bond donors (Lipinski definition) is 2. The average Bonchev–Trinajstić information content (AvgIpc) is 2.21. The monoisotopic (exact) mass is 314 g/mol. The Kier molecular flexibility index (Phi) is 5.67. The molecular weight excluding hydrogens is 303 g/mol. The Morgan fingerprint density at radius 3 is 2.65 bits per heavy atom. The van der Waals surface area contributed by atoms with E-state index in [0.29, 0.717) is 28.2 Å². The third-order valence-corrected chi connectivity index (χ3v) is 3.85. The number of pyridine rings is 1. The lowest BCUT2D eigenvalue weighted by molar-refractivity contribution is 0.0996. The van der Waals surface area contributed by atoms with Crippen LogP contribution in [0.1, 0.15) is 6.92 Å². The fraction of sp³-hybridized carbons (Fsp3) is 0.500. The summed E-state index contributed by atoms with van der Waals surface area (Å²) in [5, 5.41) is 13.8. The molecule has 17 heavy (non-hydrogen) atoms. The zero-order chi connectivity index (χ0) is 13.1. The number of aliphatic hydroxyl groups is 1. The molecule has 0 amide bonds. The lowest BCUT2D eigenvalue weighted by atomic mass is 10.1. The maximum atomic E-state index is 9.98. The van der Waals surface area contributed by atoms with Crippen molar-refractivity contribution in [1.29, 1.82) is 0 Å². The van der Waals surface area contributed by atoms with Crippen LogP contribution in [0, 0.1) is 0 Å². The van der Waals surface area contributed by atoms with Gasteiger partial charge in [-0.1, -0.05) is 34.8 Å². The molecule has 0 aromatic carbocycles. The molecule has 0 aliphatic heterocycles. The predicted molar refractivity (Wildman–Crippen MR) is 76.8 cm³/mol. The molecule has 1 atom stereocenters. The van der Waals surface area contributed by atoms with Crippen LogP contribution < -0.4 is 5.32 Å². The molecule has 1 aromatic heterocycles. The molecule has 0 radical (unpaired) electrons. The van der Waals surface area contributed by atoms with E-state index in [4.69, 9.17) is 34.8 Å². The van der Waals surface area contributed by atoms with Crippen molar-refractivity contribution < 1.29 is 5.11 Å². The number of hydrogen-bond acceptors (Lipinski definition) is 4. The third kappa shape index (κ3) is 4.72. The topological polar surface area (TPSA) is 45.1 Å². The highest BCUT2D eigenvalue weighted by molar-refractivity contribution is 7.98. The van der Waals surface area contributed by atoms with Crippen LogP contribution in [-0.4, -0.2) is 34.2 Å². The Morgan fingerprint density at radius 2 is 2.06 bits per heavy atom. The summed E-state index contributed by atoms with van der Waals surface area (Å²) in [5.41, 5.74) is -0.837. The standard InChI is InChI=1S/C10H13Cl3N2OS/c1-10(16,5-17-2)4-14-9-7(12)3-6(11)8(13)15-9/h3,16H,4-5H2,1-2H3,(H,14,15). The van der Waals surface area contributed by atoms with Gasteiger partial charge < -0.3 is 10.4 Å². The van der Waals surface area contributed by atoms with Crippen molar-refractivity contribution in [1.82, 2.24) is 4.98 Å². The molecule has 0 aliphatic rings. The second-order valence-corrected chi connectivity index (χ2v) is 5.91. The molecule has 96 valence electrons. The van der Waals surface area contributed by atoms with E-state index in [-0.39, 0.29) is 5.15 Å². The van der Waals surface area contributed by atoms with Crippen LogP contribution in [0.3, 0.4) is 0 Å². The van der Waals surface area contributed by atoms with E-state index in [9.17, 15) is 5.11 Å². The van der Waals surface area contributed by atoms with Crippen LogP contribution in [0.25, 0.3) is 0 Å². The van der Waals surface area contributed by atoms with E-state index in [0.717, 1.165) is 0 Å². The maximum Gasteiger partial charge on any atom is 0.150 e. The maximum absolute atomic E-state index is 9.98. The molecule has 2 N–H and O–H groups in total. The molecule has 0 fully saturated rings. The van der Waals surface area contributed by atoms with Crippen LogP contribution in [-0.2, 0) is 0 Å². The Bertz CT molecular complexity index is 401. The van der Waals surface area contributed by atoms with Crippen molar-refractivity contribution in [3.63, 3.8) is 0 Å². The highest BCUT2D eigenvalue weighted by atomic mass is 35.5. The summed E-state index contributed by atoms with van der Waals surface area (Å²) < 4.78 is 0. The van der Waals surface area contributed by atoms with E-state index < -0.39 is 5.60 Å². The number of thioether (sulfide) groups is 1. The van der Waals surface area contributed by atoms with Crippen LogP contribution in [0.4, 0.5) is 5.82 Å². The zero-order valence-electron chi connectivity index (χ0n) is 9.43. The minimum absolute atomic E-state index is 0.183. The first-order valence-corrected chi connectivity index (χ1v) is 7.35. The summed E-state index contributed by atoms with van der Waals surface area (Å²) in [6.45, 7) is 2.07. The molecule has 1 heterocycles. The van der Waals surface area contributed by atoms with Gasteiger partial charge in [0.15, 0.2) is 0 Å². The molecule has 0 aliphatic carbocycles. The lowest BCUT2D eigenvalue weighted by Gasteiger charge is -2.23. The normalized spacial score (nSPS) is 14.5. The fourth-order valence-electron chi connectivity index (χ4n) is 1.20. The molecule has 0 bridgehead atoms. The summed E-state index contributed by atoms with van der Waals surface area (Å²) in [7, 11) is 0. The second kappa shape index (κ2) is 6.34. The number of anilines is 1. The quantitative estimate of drug-likeness (QED) is 0.815. The first-order valence-electron chi connectivity index (χ1n) is 4.82. The molecule has 3 nitrogen and oxygen atoms in total. The number of nitrogens with one attached hydrogen (secondary N) is 1. The van der Waals surface area contributed by atoms with Gasteiger partial charge in [0.2, 0.25) is 0 Å². The van der Waals surface area contributed by atoms with Crippen molar-refractivity contribution in [3.05, 3.63) is 21.3 Å². The van der Waals surface area contributed by atoms with Gasteiger partial charge in [-0.15, -0.1) is 0 Å². The van der Waals surface area contributed by atoms with Crippen LogP contribution in [0.15, 0.2) is 6.07 Å². The van der Waals surface area contributed by atoms with Gasteiger partial charge in [0.25, 0.3) is 0 Å². The fourth-order valence-corrected chi connectivity index (χ4v) is 2.49. The number of rotatable bonds is 5. The van der Waals surface area contributed by atoms with E-state index in [1.165, 1.54) is 6.07 Å². The van der Waals surface area contributed by atoms with Crippen molar-refractivity contribution in [2.24, 2.45) is 0 Å². The van der Waals surface area contributed by atoms with Gasteiger partial charge in [-0.05, 0) is 19.2 Å². The Balaban J connectivity index is 2.73. The summed E-state index contributed by atoms with van der Waals surface area (Å²) in [5.74, 6) is 1.03. The van der Waals surface area contributed by atoms with Crippen molar-refractivity contribution >= 4 is 52.4 Å². The van der Waals surface area contributed by atoms with Crippen LogP contribution in [0.2, 0.25) is 15.2 Å². The van der Waals surface area contributed by atoms with E-state index >= 15 is 0 Å². The predicted octanol–water partition coefficient (Wildman–Crippen LogP) is 3.57. The van der Waals surface area contributed by atoms with E-state index in [1.54, 1.807) is 18.7 Å². The smallest absolute Gasteiger partial charge is 0.150 e. The minimum atomic E-state index is -0.837. The molecule has 0 saturated carbocycles. The molecule has 1 aromatic rings. The van der Waals surface area contributed by atoms with Crippen molar-refractivity contribution in [2.75, 3.05) is 23.9 Å². The van der Waals surface area contributed by atoms with Crippen LogP contribution >= 0.6 is 46.6 Å². The van der Waals surface area contributed by atoms with E-state index in [2.05, 4.69) is 10.3 Å². The van der Waals surface area contributed by atoms with Crippen molar-refractivity contribution in [3.8, 4) is 0 Å². The molecule has 1 rings (SSSR count). The highest BCUT2D eigenvalue weighted by Crippen LogP contribution is 2.29. The van der Waals surface area contributed by atoms with Crippen LogP contribution in [0.5, 0.6) is 0 Å². The first kappa shape index (κ1) is 15.2. The van der Waals surface area contributed by atoms with Crippen molar-refractivity contribution in [2.45, 2.75) is 12.5 Å². The lowest BCUT2D eigenvalue weighted by Crippen LogP contribution is -2.36. The Morgan fingerprint density at radius 1 is 1.41 bits per heavy atom. The number of nitrogens with zero attached hydrogens (tertiary/aromatic N) is 1. The molecular formula is C10H13Cl3N2OS. The summed E-state index contributed by atoms with van der Waals surface area (Å²) in [4.78, 5) is 4.01.